The minimum atomic E-state index is 0.542. The topological polar surface area (TPSA) is 12.9 Å². The maximum absolute atomic E-state index is 4.69. The Kier molecular flexibility index (Phi) is 5.88. The van der Waals surface area contributed by atoms with Crippen LogP contribution >= 0.6 is 0 Å². The summed E-state index contributed by atoms with van der Waals surface area (Å²) in [5, 5.41) is 0. The smallest absolute Gasteiger partial charge is 0.0780 e. The maximum atomic E-state index is 4.69. The molecule has 0 aliphatic heterocycles. The van der Waals surface area contributed by atoms with Crippen LogP contribution in [0.2, 0.25) is 0 Å². The van der Waals surface area contributed by atoms with Gasteiger partial charge in [0.2, 0.25) is 0 Å². The molecule has 0 N–H and O–H groups in total. The van der Waals surface area contributed by atoms with Crippen molar-refractivity contribution in [2.75, 3.05) is 0 Å². The maximum Gasteiger partial charge on any atom is 0.0780 e. The summed E-state index contributed by atoms with van der Waals surface area (Å²) in [4.78, 5) is 4.69. The van der Waals surface area contributed by atoms with Gasteiger partial charge in [0.15, 0.2) is 0 Å². The van der Waals surface area contributed by atoms with E-state index in [1.165, 1.54) is 40.7 Å². The molecule has 2 aromatic carbocycles. The number of hydrogen-bond acceptors (Lipinski definition) is 1. The Morgan fingerprint density at radius 2 is 1.58 bits per heavy atom. The van der Waals surface area contributed by atoms with Crippen molar-refractivity contribution in [3.05, 3.63) is 78.0 Å². The standard InChI is InChI=1S/C25H29N/c1-5-10-19(4)24-17-21(14-15-22(24)18(2)3)23-13-9-16-26-25(23)20-11-7-6-8-12-20/h6-9,11-19H,5,10H2,1-4H3. The first kappa shape index (κ1) is 18.4. The number of rotatable bonds is 6. The largest absolute Gasteiger partial charge is 0.256 e. The predicted octanol–water partition coefficient (Wildman–Crippen LogP) is 7.44. The highest BCUT2D eigenvalue weighted by Gasteiger charge is 2.16. The van der Waals surface area contributed by atoms with Gasteiger partial charge in [-0.25, -0.2) is 0 Å². The van der Waals surface area contributed by atoms with Gasteiger partial charge in [0.25, 0.3) is 0 Å². The number of benzene rings is 2. The first-order valence-corrected chi connectivity index (χ1v) is 9.76. The van der Waals surface area contributed by atoms with E-state index in [9.17, 15) is 0 Å². The zero-order valence-corrected chi connectivity index (χ0v) is 16.4. The zero-order valence-electron chi connectivity index (χ0n) is 16.4. The van der Waals surface area contributed by atoms with Crippen LogP contribution in [0.3, 0.4) is 0 Å². The highest BCUT2D eigenvalue weighted by molar-refractivity contribution is 5.81. The van der Waals surface area contributed by atoms with Gasteiger partial charge in [-0.2, -0.15) is 0 Å². The molecule has 26 heavy (non-hydrogen) atoms. The van der Waals surface area contributed by atoms with Crippen molar-refractivity contribution in [2.24, 2.45) is 0 Å². The van der Waals surface area contributed by atoms with Crippen molar-refractivity contribution in [3.8, 4) is 22.4 Å². The Bertz CT molecular complexity index is 849. The summed E-state index contributed by atoms with van der Waals surface area (Å²) in [7, 11) is 0. The van der Waals surface area contributed by atoms with Gasteiger partial charge in [0.05, 0.1) is 5.69 Å². The van der Waals surface area contributed by atoms with Crippen molar-refractivity contribution in [2.45, 2.75) is 52.4 Å². The lowest BCUT2D eigenvalue weighted by Gasteiger charge is -2.20. The average molecular weight is 344 g/mol. The molecule has 0 saturated heterocycles. The van der Waals surface area contributed by atoms with Crippen LogP contribution in [0.1, 0.15) is 63.5 Å². The van der Waals surface area contributed by atoms with E-state index in [1.807, 2.05) is 18.3 Å². The van der Waals surface area contributed by atoms with E-state index in [0.717, 1.165) is 5.69 Å². The van der Waals surface area contributed by atoms with Crippen LogP contribution in [0.25, 0.3) is 22.4 Å². The van der Waals surface area contributed by atoms with E-state index in [2.05, 4.69) is 76.2 Å². The monoisotopic (exact) mass is 343 g/mol. The fraction of sp³-hybridized carbons (Fsp3) is 0.320. The zero-order chi connectivity index (χ0) is 18.5. The summed E-state index contributed by atoms with van der Waals surface area (Å²) < 4.78 is 0. The molecule has 1 aromatic heterocycles. The molecule has 1 atom stereocenters. The van der Waals surface area contributed by atoms with Gasteiger partial charge in [-0.3, -0.25) is 4.98 Å². The van der Waals surface area contributed by atoms with Gasteiger partial charge in [-0.15, -0.1) is 0 Å². The Morgan fingerprint density at radius 1 is 0.808 bits per heavy atom. The second-order valence-corrected chi connectivity index (χ2v) is 7.45. The minimum Gasteiger partial charge on any atom is -0.256 e. The Balaban J connectivity index is 2.12. The van der Waals surface area contributed by atoms with Crippen molar-refractivity contribution >= 4 is 0 Å². The van der Waals surface area contributed by atoms with E-state index < -0.39 is 0 Å². The van der Waals surface area contributed by atoms with Crippen molar-refractivity contribution in [3.63, 3.8) is 0 Å². The fourth-order valence-electron chi connectivity index (χ4n) is 3.75. The van der Waals surface area contributed by atoms with Crippen LogP contribution in [0.15, 0.2) is 66.9 Å². The molecule has 3 rings (SSSR count). The summed E-state index contributed by atoms with van der Waals surface area (Å²) in [6.45, 7) is 9.20. The molecule has 0 bridgehead atoms. The molecule has 0 aliphatic rings. The summed E-state index contributed by atoms with van der Waals surface area (Å²) >= 11 is 0. The van der Waals surface area contributed by atoms with Gasteiger partial charge in [-0.1, -0.05) is 88.7 Å². The molecule has 1 heterocycles. The number of nitrogens with zero attached hydrogens (tertiary/aromatic N) is 1. The van der Waals surface area contributed by atoms with Crippen LogP contribution < -0.4 is 0 Å². The molecule has 0 saturated carbocycles. The van der Waals surface area contributed by atoms with E-state index in [4.69, 9.17) is 4.98 Å². The average Bonchev–Trinajstić information content (AvgIpc) is 2.68. The molecule has 0 aliphatic carbocycles. The van der Waals surface area contributed by atoms with Gasteiger partial charge >= 0.3 is 0 Å². The summed E-state index contributed by atoms with van der Waals surface area (Å²) in [6, 6.07) is 21.7. The highest BCUT2D eigenvalue weighted by Crippen LogP contribution is 2.36. The van der Waals surface area contributed by atoms with Crippen LogP contribution in [0, 0.1) is 0 Å². The van der Waals surface area contributed by atoms with Gasteiger partial charge in [0.1, 0.15) is 0 Å². The first-order chi connectivity index (χ1) is 12.6. The third-order valence-corrected chi connectivity index (χ3v) is 5.13. The molecule has 134 valence electrons. The van der Waals surface area contributed by atoms with Crippen LogP contribution in [-0.4, -0.2) is 4.98 Å². The molecule has 0 radical (unpaired) electrons. The minimum absolute atomic E-state index is 0.542. The second kappa shape index (κ2) is 8.31. The molecule has 1 nitrogen and oxygen atoms in total. The van der Waals surface area contributed by atoms with Crippen LogP contribution in [-0.2, 0) is 0 Å². The molecular weight excluding hydrogens is 314 g/mol. The number of pyridine rings is 1. The summed E-state index contributed by atoms with van der Waals surface area (Å²) in [5.74, 6) is 1.12. The van der Waals surface area contributed by atoms with Crippen LogP contribution in [0.4, 0.5) is 0 Å². The lowest BCUT2D eigenvalue weighted by molar-refractivity contribution is 0.651. The fourth-order valence-corrected chi connectivity index (χ4v) is 3.75. The molecular formula is C25H29N. The molecule has 0 spiro atoms. The molecule has 0 fully saturated rings. The predicted molar refractivity (Wildman–Crippen MR) is 113 cm³/mol. The SMILES string of the molecule is CCCC(C)c1cc(-c2cccnc2-c2ccccc2)ccc1C(C)C. The van der Waals surface area contributed by atoms with Crippen molar-refractivity contribution in [1.29, 1.82) is 0 Å². The van der Waals surface area contributed by atoms with Crippen molar-refractivity contribution < 1.29 is 0 Å². The van der Waals surface area contributed by atoms with Crippen molar-refractivity contribution in [1.82, 2.24) is 4.98 Å². The number of aromatic nitrogens is 1. The summed E-state index contributed by atoms with van der Waals surface area (Å²) in [5.41, 5.74) is 7.65. The van der Waals surface area contributed by atoms with E-state index in [-0.39, 0.29) is 0 Å². The van der Waals surface area contributed by atoms with E-state index in [0.29, 0.717) is 11.8 Å². The van der Waals surface area contributed by atoms with Gasteiger partial charge < -0.3 is 0 Å². The lowest BCUT2D eigenvalue weighted by atomic mass is 9.85. The normalized spacial score (nSPS) is 12.3. The molecule has 0 amide bonds. The number of hydrogen-bond donors (Lipinski definition) is 0. The molecule has 1 heteroatoms. The summed E-state index contributed by atoms with van der Waals surface area (Å²) in [6.07, 6.45) is 4.32. The van der Waals surface area contributed by atoms with Crippen LogP contribution in [0.5, 0.6) is 0 Å². The Labute approximate surface area is 158 Å². The van der Waals surface area contributed by atoms with Gasteiger partial charge in [0, 0.05) is 17.3 Å². The molecule has 1 unspecified atom stereocenters. The third-order valence-electron chi connectivity index (χ3n) is 5.13. The Morgan fingerprint density at radius 3 is 2.27 bits per heavy atom. The first-order valence-electron chi connectivity index (χ1n) is 9.76. The lowest BCUT2D eigenvalue weighted by Crippen LogP contribution is -2.02. The Hall–Kier alpha value is -2.41. The molecule has 3 aromatic rings. The van der Waals surface area contributed by atoms with Gasteiger partial charge in [-0.05, 0) is 41.0 Å². The van der Waals surface area contributed by atoms with E-state index in [1.54, 1.807) is 0 Å². The van der Waals surface area contributed by atoms with E-state index >= 15 is 0 Å². The quantitative estimate of drug-likeness (QED) is 0.453. The second-order valence-electron chi connectivity index (χ2n) is 7.45. The third kappa shape index (κ3) is 3.88. The highest BCUT2D eigenvalue weighted by atomic mass is 14.7.